The Morgan fingerprint density at radius 1 is 1.17 bits per heavy atom. The van der Waals surface area contributed by atoms with Crippen molar-refractivity contribution in [2.24, 2.45) is 5.73 Å². The SMILES string of the molecule is Cc1nc([C@H](C)NC(=O)c2cc(OC(F)(F)F)cc(S(C)(=O)=O)c2)n(-c2cc(C(N)=O)ncn2)n1. The Morgan fingerprint density at radius 2 is 1.86 bits per heavy atom. The van der Waals surface area contributed by atoms with Crippen LogP contribution in [-0.2, 0) is 9.84 Å². The molecule has 0 aliphatic heterocycles. The molecule has 16 heteroatoms. The van der Waals surface area contributed by atoms with Gasteiger partial charge in [0.1, 0.15) is 23.6 Å². The first-order chi connectivity index (χ1) is 16.1. The van der Waals surface area contributed by atoms with Gasteiger partial charge >= 0.3 is 6.36 Å². The zero-order valence-corrected chi connectivity index (χ0v) is 19.2. The number of nitrogens with two attached hydrogens (primary N) is 1. The number of alkyl halides is 3. The molecule has 3 rings (SSSR count). The molecule has 0 saturated heterocycles. The molecule has 0 bridgehead atoms. The lowest BCUT2D eigenvalue weighted by Crippen LogP contribution is -2.29. The molecule has 0 radical (unpaired) electrons. The van der Waals surface area contributed by atoms with Crippen molar-refractivity contribution in [3.63, 3.8) is 0 Å². The number of carbonyl (C=O) groups is 2. The summed E-state index contributed by atoms with van der Waals surface area (Å²) in [5.41, 5.74) is 4.73. The zero-order chi connectivity index (χ0) is 26.1. The normalized spacial score (nSPS) is 12.7. The molecule has 0 unspecified atom stereocenters. The van der Waals surface area contributed by atoms with Gasteiger partial charge in [0.25, 0.3) is 11.8 Å². The molecule has 0 fully saturated rings. The van der Waals surface area contributed by atoms with Gasteiger partial charge in [-0.2, -0.15) is 4.68 Å². The Kier molecular flexibility index (Phi) is 6.77. The Morgan fingerprint density at radius 3 is 2.46 bits per heavy atom. The highest BCUT2D eigenvalue weighted by Crippen LogP contribution is 2.27. The molecule has 3 aromatic rings. The van der Waals surface area contributed by atoms with Gasteiger partial charge in [-0.05, 0) is 32.0 Å². The van der Waals surface area contributed by atoms with Gasteiger partial charge in [-0.1, -0.05) is 0 Å². The third kappa shape index (κ3) is 6.28. The van der Waals surface area contributed by atoms with Gasteiger partial charge in [0, 0.05) is 17.9 Å². The number of aromatic nitrogens is 5. The standard InChI is InChI=1S/C19H18F3N7O5S/c1-9(17-27-10(2)28-29(17)15-7-14(16(23)30)24-8-25-15)26-18(31)11-4-12(34-19(20,21)22)6-13(5-11)35(3,32)33/h4-9H,1-3H3,(H2,23,30)(H,26,31)/t9-/m0/s1. The molecule has 0 saturated carbocycles. The molecule has 0 aliphatic carbocycles. The first-order valence-electron chi connectivity index (χ1n) is 9.61. The van der Waals surface area contributed by atoms with E-state index in [1.54, 1.807) is 6.92 Å². The average molecular weight is 513 g/mol. The van der Waals surface area contributed by atoms with E-state index >= 15 is 0 Å². The molecule has 2 amide bonds. The maximum Gasteiger partial charge on any atom is 0.573 e. The number of nitrogens with one attached hydrogen (secondary N) is 1. The molecule has 1 atom stereocenters. The van der Waals surface area contributed by atoms with Crippen LogP contribution in [0.1, 0.15) is 45.5 Å². The molecule has 2 heterocycles. The predicted molar refractivity (Wildman–Crippen MR) is 112 cm³/mol. The number of rotatable bonds is 7. The second-order valence-corrected chi connectivity index (χ2v) is 9.28. The van der Waals surface area contributed by atoms with Gasteiger partial charge < -0.3 is 15.8 Å². The highest BCUT2D eigenvalue weighted by atomic mass is 32.2. The largest absolute Gasteiger partial charge is 0.573 e. The molecule has 3 N–H and O–H groups in total. The number of hydrogen-bond donors (Lipinski definition) is 2. The van der Waals surface area contributed by atoms with E-state index < -0.39 is 50.3 Å². The number of carbonyl (C=O) groups excluding carboxylic acids is 2. The molecule has 35 heavy (non-hydrogen) atoms. The minimum absolute atomic E-state index is 0.0967. The molecule has 2 aromatic heterocycles. The van der Waals surface area contributed by atoms with E-state index in [1.165, 1.54) is 17.7 Å². The van der Waals surface area contributed by atoms with Crippen LogP contribution < -0.4 is 15.8 Å². The average Bonchev–Trinajstić information content (AvgIpc) is 3.13. The Balaban J connectivity index is 1.95. The third-order valence-corrected chi connectivity index (χ3v) is 5.49. The molecular formula is C19H18F3N7O5S. The van der Waals surface area contributed by atoms with Gasteiger partial charge in [0.05, 0.1) is 10.9 Å². The second kappa shape index (κ2) is 9.28. The fourth-order valence-electron chi connectivity index (χ4n) is 2.93. The van der Waals surface area contributed by atoms with E-state index in [4.69, 9.17) is 5.73 Å². The smallest absolute Gasteiger partial charge is 0.406 e. The third-order valence-electron chi connectivity index (χ3n) is 4.40. The van der Waals surface area contributed by atoms with Crippen LogP contribution >= 0.6 is 0 Å². The Bertz CT molecular complexity index is 1410. The number of amides is 2. The number of sulfone groups is 1. The number of nitrogens with zero attached hydrogens (tertiary/aromatic N) is 5. The van der Waals surface area contributed by atoms with Crippen LogP contribution in [0.15, 0.2) is 35.5 Å². The molecule has 1 aromatic carbocycles. The topological polar surface area (TPSA) is 172 Å². The summed E-state index contributed by atoms with van der Waals surface area (Å²) in [6.45, 7) is 3.06. The number of aryl methyl sites for hydroxylation is 1. The number of ether oxygens (including phenoxy) is 1. The van der Waals surface area contributed by atoms with E-state index in [9.17, 15) is 31.2 Å². The fourth-order valence-corrected chi connectivity index (χ4v) is 3.60. The Labute approximate surface area is 196 Å². The molecule has 0 spiro atoms. The number of primary amides is 1. The summed E-state index contributed by atoms with van der Waals surface area (Å²) < 4.78 is 66.9. The maximum absolute atomic E-state index is 12.8. The van der Waals surface area contributed by atoms with Crippen LogP contribution in [0.2, 0.25) is 0 Å². The number of benzene rings is 1. The van der Waals surface area contributed by atoms with Gasteiger partial charge in [-0.25, -0.2) is 23.4 Å². The van der Waals surface area contributed by atoms with Gasteiger partial charge in [-0.15, -0.1) is 18.3 Å². The predicted octanol–water partition coefficient (Wildman–Crippen LogP) is 1.26. The second-order valence-electron chi connectivity index (χ2n) is 7.26. The summed E-state index contributed by atoms with van der Waals surface area (Å²) in [5.74, 6) is -2.06. The monoisotopic (exact) mass is 513 g/mol. The molecule has 186 valence electrons. The summed E-state index contributed by atoms with van der Waals surface area (Å²) in [6, 6.07) is 2.69. The molecular weight excluding hydrogens is 495 g/mol. The summed E-state index contributed by atoms with van der Waals surface area (Å²) in [5, 5.41) is 6.68. The van der Waals surface area contributed by atoms with E-state index in [0.29, 0.717) is 6.07 Å². The molecule has 12 nitrogen and oxygen atoms in total. The van der Waals surface area contributed by atoms with E-state index in [-0.39, 0.29) is 23.2 Å². The van der Waals surface area contributed by atoms with E-state index in [2.05, 4.69) is 30.1 Å². The van der Waals surface area contributed by atoms with Crippen molar-refractivity contribution >= 4 is 21.7 Å². The summed E-state index contributed by atoms with van der Waals surface area (Å²) in [7, 11) is -3.97. The quantitative estimate of drug-likeness (QED) is 0.472. The van der Waals surface area contributed by atoms with Crippen LogP contribution in [-0.4, -0.2) is 57.6 Å². The summed E-state index contributed by atoms with van der Waals surface area (Å²) >= 11 is 0. The lowest BCUT2D eigenvalue weighted by Gasteiger charge is -2.16. The first kappa shape index (κ1) is 25.5. The van der Waals surface area contributed by atoms with Crippen molar-refractivity contribution in [2.75, 3.05) is 6.26 Å². The Hall–Kier alpha value is -4.08. The van der Waals surface area contributed by atoms with Gasteiger partial charge in [0.15, 0.2) is 21.5 Å². The van der Waals surface area contributed by atoms with Crippen molar-refractivity contribution in [3.05, 3.63) is 53.5 Å². The van der Waals surface area contributed by atoms with Crippen molar-refractivity contribution in [1.82, 2.24) is 30.0 Å². The van der Waals surface area contributed by atoms with Crippen LogP contribution in [0, 0.1) is 6.92 Å². The van der Waals surface area contributed by atoms with E-state index in [1.807, 2.05) is 0 Å². The van der Waals surface area contributed by atoms with Crippen molar-refractivity contribution in [1.29, 1.82) is 0 Å². The van der Waals surface area contributed by atoms with Crippen molar-refractivity contribution in [3.8, 4) is 11.6 Å². The fraction of sp³-hybridized carbons (Fsp3) is 0.263. The van der Waals surface area contributed by atoms with Crippen LogP contribution in [0.5, 0.6) is 5.75 Å². The van der Waals surface area contributed by atoms with Crippen LogP contribution in [0.25, 0.3) is 5.82 Å². The van der Waals surface area contributed by atoms with Crippen LogP contribution in [0.4, 0.5) is 13.2 Å². The minimum Gasteiger partial charge on any atom is -0.406 e. The van der Waals surface area contributed by atoms with Crippen LogP contribution in [0.3, 0.4) is 0 Å². The highest BCUT2D eigenvalue weighted by Gasteiger charge is 2.32. The summed E-state index contributed by atoms with van der Waals surface area (Å²) in [6.07, 6.45) is -3.25. The lowest BCUT2D eigenvalue weighted by atomic mass is 10.2. The molecule has 0 aliphatic rings. The highest BCUT2D eigenvalue weighted by molar-refractivity contribution is 7.90. The minimum atomic E-state index is -5.10. The van der Waals surface area contributed by atoms with Crippen molar-refractivity contribution < 1.29 is 35.9 Å². The lowest BCUT2D eigenvalue weighted by molar-refractivity contribution is -0.274. The summed E-state index contributed by atoms with van der Waals surface area (Å²) in [4.78, 5) is 35.7. The van der Waals surface area contributed by atoms with Gasteiger partial charge in [0.2, 0.25) is 0 Å². The number of halogens is 3. The van der Waals surface area contributed by atoms with Crippen molar-refractivity contribution in [2.45, 2.75) is 31.1 Å². The van der Waals surface area contributed by atoms with E-state index in [0.717, 1.165) is 24.7 Å². The zero-order valence-electron chi connectivity index (χ0n) is 18.4. The number of hydrogen-bond acceptors (Lipinski definition) is 9. The van der Waals surface area contributed by atoms with Gasteiger partial charge in [-0.3, -0.25) is 9.59 Å². The maximum atomic E-state index is 12.8. The first-order valence-corrected chi connectivity index (χ1v) is 11.5.